The van der Waals surface area contributed by atoms with Gasteiger partial charge in [0.1, 0.15) is 17.3 Å². The van der Waals surface area contributed by atoms with Crippen molar-refractivity contribution < 1.29 is 14.6 Å². The van der Waals surface area contributed by atoms with Crippen LogP contribution in [0, 0.1) is 11.3 Å². The van der Waals surface area contributed by atoms with Gasteiger partial charge in [-0.05, 0) is 35.9 Å². The molecular formula is C17H12N2O3. The molecule has 0 saturated heterocycles. The van der Waals surface area contributed by atoms with Gasteiger partial charge in [-0.2, -0.15) is 5.26 Å². The number of pyridine rings is 1. The molecule has 0 fully saturated rings. The number of fused-ring (bicyclic) bond motifs is 1. The van der Waals surface area contributed by atoms with Crippen LogP contribution in [-0.4, -0.2) is 22.6 Å². The molecule has 0 amide bonds. The summed E-state index contributed by atoms with van der Waals surface area (Å²) in [4.78, 5) is 10.9. The maximum atomic E-state index is 10.9. The van der Waals surface area contributed by atoms with Crippen molar-refractivity contribution in [2.24, 2.45) is 0 Å². The zero-order chi connectivity index (χ0) is 15.7. The first kappa shape index (κ1) is 13.7. The van der Waals surface area contributed by atoms with Crippen LogP contribution in [-0.2, 0) is 0 Å². The van der Waals surface area contributed by atoms with E-state index in [0.717, 1.165) is 11.3 Å². The molecule has 5 heteroatoms. The Labute approximate surface area is 126 Å². The predicted octanol–water partition coefficient (Wildman–Crippen LogP) is 3.18. The molecule has 3 rings (SSSR count). The summed E-state index contributed by atoms with van der Waals surface area (Å²) in [5.41, 5.74) is 3.07. The van der Waals surface area contributed by atoms with Gasteiger partial charge in [-0.15, -0.1) is 0 Å². The number of carbonyl (C=O) groups is 1. The Morgan fingerprint density at radius 2 is 2.00 bits per heavy atom. The SMILES string of the molecule is COc1cccn2c(-c3ccc(C(=O)O)cc3)cc(C#N)c12. The van der Waals surface area contributed by atoms with Crippen LogP contribution in [0.15, 0.2) is 48.7 Å². The summed E-state index contributed by atoms with van der Waals surface area (Å²) in [6.07, 6.45) is 1.85. The van der Waals surface area contributed by atoms with E-state index in [1.807, 2.05) is 16.7 Å². The fourth-order valence-electron chi connectivity index (χ4n) is 2.48. The Morgan fingerprint density at radius 3 is 2.59 bits per heavy atom. The number of nitrogens with zero attached hydrogens (tertiary/aromatic N) is 2. The third-order valence-electron chi connectivity index (χ3n) is 3.52. The van der Waals surface area contributed by atoms with Crippen molar-refractivity contribution in [2.45, 2.75) is 0 Å². The molecule has 0 aliphatic rings. The Balaban J connectivity index is 2.23. The van der Waals surface area contributed by atoms with Crippen molar-refractivity contribution in [3.8, 4) is 23.1 Å². The molecule has 0 bridgehead atoms. The third-order valence-corrected chi connectivity index (χ3v) is 3.52. The molecule has 0 spiro atoms. The van der Waals surface area contributed by atoms with Crippen molar-refractivity contribution in [3.05, 3.63) is 59.8 Å². The van der Waals surface area contributed by atoms with E-state index in [1.165, 1.54) is 0 Å². The number of hydrogen-bond donors (Lipinski definition) is 1. The Morgan fingerprint density at radius 1 is 1.27 bits per heavy atom. The van der Waals surface area contributed by atoms with Gasteiger partial charge in [-0.25, -0.2) is 4.79 Å². The molecule has 0 saturated carbocycles. The van der Waals surface area contributed by atoms with Gasteiger partial charge >= 0.3 is 5.97 Å². The van der Waals surface area contributed by atoms with E-state index in [-0.39, 0.29) is 5.56 Å². The van der Waals surface area contributed by atoms with Crippen LogP contribution >= 0.6 is 0 Å². The molecule has 0 radical (unpaired) electrons. The van der Waals surface area contributed by atoms with Crippen molar-refractivity contribution in [1.29, 1.82) is 5.26 Å². The first-order valence-corrected chi connectivity index (χ1v) is 6.57. The quantitative estimate of drug-likeness (QED) is 0.804. The average molecular weight is 292 g/mol. The second kappa shape index (κ2) is 5.26. The molecule has 3 aromatic rings. The highest BCUT2D eigenvalue weighted by atomic mass is 16.5. The molecule has 1 N–H and O–H groups in total. The molecule has 0 atom stereocenters. The van der Waals surface area contributed by atoms with Gasteiger partial charge in [0.25, 0.3) is 0 Å². The second-order valence-corrected chi connectivity index (χ2v) is 4.73. The summed E-state index contributed by atoms with van der Waals surface area (Å²) in [6.45, 7) is 0. The fraction of sp³-hybridized carbons (Fsp3) is 0.0588. The van der Waals surface area contributed by atoms with Gasteiger partial charge < -0.3 is 14.2 Å². The molecule has 0 aliphatic carbocycles. The lowest BCUT2D eigenvalue weighted by molar-refractivity contribution is 0.0697. The third kappa shape index (κ3) is 2.07. The Bertz CT molecular complexity index is 902. The molecule has 0 unspecified atom stereocenters. The summed E-state index contributed by atoms with van der Waals surface area (Å²) in [5.74, 6) is -0.349. The smallest absolute Gasteiger partial charge is 0.335 e. The zero-order valence-electron chi connectivity index (χ0n) is 11.8. The van der Waals surface area contributed by atoms with Crippen molar-refractivity contribution in [1.82, 2.24) is 4.40 Å². The van der Waals surface area contributed by atoms with Crippen molar-refractivity contribution >= 4 is 11.5 Å². The average Bonchev–Trinajstić information content (AvgIpc) is 2.93. The number of carboxylic acid groups (broad SMARTS) is 1. The van der Waals surface area contributed by atoms with Gasteiger partial charge in [0.05, 0.1) is 23.9 Å². The summed E-state index contributed by atoms with van der Waals surface area (Å²) in [5, 5.41) is 18.3. The molecule has 108 valence electrons. The minimum absolute atomic E-state index is 0.225. The van der Waals surface area contributed by atoms with Crippen LogP contribution in [0.3, 0.4) is 0 Å². The number of aromatic carboxylic acids is 1. The van der Waals surface area contributed by atoms with Gasteiger partial charge in [-0.1, -0.05) is 12.1 Å². The number of nitriles is 1. The lowest BCUT2D eigenvalue weighted by atomic mass is 10.1. The number of carboxylic acids is 1. The highest BCUT2D eigenvalue weighted by Gasteiger charge is 2.14. The van der Waals surface area contributed by atoms with E-state index in [0.29, 0.717) is 16.8 Å². The Hall–Kier alpha value is -3.26. The van der Waals surface area contributed by atoms with Gasteiger partial charge in [0.15, 0.2) is 0 Å². The lowest BCUT2D eigenvalue weighted by Crippen LogP contribution is -1.96. The van der Waals surface area contributed by atoms with Crippen LogP contribution < -0.4 is 4.74 Å². The van der Waals surface area contributed by atoms with Gasteiger partial charge in [0.2, 0.25) is 0 Å². The topological polar surface area (TPSA) is 74.7 Å². The van der Waals surface area contributed by atoms with Crippen LogP contribution in [0.1, 0.15) is 15.9 Å². The Kier molecular flexibility index (Phi) is 3.28. The number of methoxy groups -OCH3 is 1. The molecule has 22 heavy (non-hydrogen) atoms. The normalized spacial score (nSPS) is 10.4. The lowest BCUT2D eigenvalue weighted by Gasteiger charge is -2.06. The number of hydrogen-bond acceptors (Lipinski definition) is 3. The second-order valence-electron chi connectivity index (χ2n) is 4.73. The first-order chi connectivity index (χ1) is 10.7. The minimum Gasteiger partial charge on any atom is -0.495 e. The standard InChI is InChI=1S/C17H12N2O3/c1-22-15-3-2-8-19-14(9-13(10-18)16(15)19)11-4-6-12(7-5-11)17(20)21/h2-9H,1H3,(H,20,21). The van der Waals surface area contributed by atoms with E-state index < -0.39 is 5.97 Å². The van der Waals surface area contributed by atoms with E-state index in [4.69, 9.17) is 9.84 Å². The number of rotatable bonds is 3. The largest absolute Gasteiger partial charge is 0.495 e. The van der Waals surface area contributed by atoms with Crippen LogP contribution in [0.25, 0.3) is 16.8 Å². The molecule has 0 aliphatic heterocycles. The van der Waals surface area contributed by atoms with E-state index >= 15 is 0 Å². The van der Waals surface area contributed by atoms with Crippen LogP contribution in [0.5, 0.6) is 5.75 Å². The fourth-order valence-corrected chi connectivity index (χ4v) is 2.48. The summed E-state index contributed by atoms with van der Waals surface area (Å²) >= 11 is 0. The monoisotopic (exact) mass is 292 g/mol. The predicted molar refractivity (Wildman–Crippen MR) is 81.1 cm³/mol. The molecule has 2 heterocycles. The van der Waals surface area contributed by atoms with Gasteiger partial charge in [0, 0.05) is 6.20 Å². The maximum absolute atomic E-state index is 10.9. The van der Waals surface area contributed by atoms with Crippen molar-refractivity contribution in [3.63, 3.8) is 0 Å². The maximum Gasteiger partial charge on any atom is 0.335 e. The molecular weight excluding hydrogens is 280 g/mol. The van der Waals surface area contributed by atoms with E-state index in [1.54, 1.807) is 43.5 Å². The molecule has 5 nitrogen and oxygen atoms in total. The first-order valence-electron chi connectivity index (χ1n) is 6.57. The van der Waals surface area contributed by atoms with Crippen LogP contribution in [0.2, 0.25) is 0 Å². The summed E-state index contributed by atoms with van der Waals surface area (Å²) in [7, 11) is 1.56. The van der Waals surface area contributed by atoms with Gasteiger partial charge in [-0.3, -0.25) is 0 Å². The summed E-state index contributed by atoms with van der Waals surface area (Å²) in [6, 6.07) is 14.1. The minimum atomic E-state index is -0.967. The molecule has 1 aromatic carbocycles. The summed E-state index contributed by atoms with van der Waals surface area (Å²) < 4.78 is 7.19. The van der Waals surface area contributed by atoms with E-state index in [2.05, 4.69) is 6.07 Å². The van der Waals surface area contributed by atoms with Crippen LogP contribution in [0.4, 0.5) is 0 Å². The number of aromatic nitrogens is 1. The number of ether oxygens (including phenoxy) is 1. The van der Waals surface area contributed by atoms with E-state index in [9.17, 15) is 10.1 Å². The number of benzene rings is 1. The highest BCUT2D eigenvalue weighted by Crippen LogP contribution is 2.31. The van der Waals surface area contributed by atoms with Crippen molar-refractivity contribution in [2.75, 3.05) is 7.11 Å². The zero-order valence-corrected chi connectivity index (χ0v) is 11.8. The molecule has 2 aromatic heterocycles. The highest BCUT2D eigenvalue weighted by molar-refractivity contribution is 5.88.